The Morgan fingerprint density at radius 3 is 2.43 bits per heavy atom. The molecule has 28 heavy (non-hydrogen) atoms. The first-order valence-electron chi connectivity index (χ1n) is 8.73. The predicted octanol–water partition coefficient (Wildman–Crippen LogP) is -0.0928. The number of hydrogen-bond donors (Lipinski definition) is 3. The van der Waals surface area contributed by atoms with E-state index < -0.39 is 51.9 Å². The first-order valence-corrected chi connectivity index (χ1v) is 9.61. The van der Waals surface area contributed by atoms with Gasteiger partial charge >= 0.3 is 5.97 Å². The zero-order valence-corrected chi connectivity index (χ0v) is 16.0. The number of fused-ring (bicyclic) bond motifs is 1. The highest BCUT2D eigenvalue weighted by atomic mass is 32.2. The van der Waals surface area contributed by atoms with E-state index in [0.29, 0.717) is 5.56 Å². The fourth-order valence-corrected chi connectivity index (χ4v) is 5.77. The van der Waals surface area contributed by atoms with Crippen LogP contribution in [-0.4, -0.2) is 72.5 Å². The van der Waals surface area contributed by atoms with Gasteiger partial charge in [-0.2, -0.15) is 0 Å². The van der Waals surface area contributed by atoms with Gasteiger partial charge in [0.1, 0.15) is 35.8 Å². The second-order valence-corrected chi connectivity index (χ2v) is 9.37. The number of rotatable bonds is 3. The molecule has 10 heteroatoms. The number of phenols is 1. The van der Waals surface area contributed by atoms with E-state index in [-0.39, 0.29) is 12.3 Å². The molecule has 4 atom stereocenters. The van der Waals surface area contributed by atoms with E-state index in [9.17, 15) is 29.4 Å². The summed E-state index contributed by atoms with van der Waals surface area (Å²) in [4.78, 5) is 52.2. The number of aliphatic carboxylic acids is 1. The minimum atomic E-state index is -1.09. The molecule has 3 amide bonds. The Hall–Kier alpha value is -2.75. The second kappa shape index (κ2) is 6.13. The van der Waals surface area contributed by atoms with Crippen LogP contribution in [-0.2, 0) is 19.2 Å². The van der Waals surface area contributed by atoms with Crippen molar-refractivity contribution < 1.29 is 29.4 Å². The van der Waals surface area contributed by atoms with Crippen molar-refractivity contribution in [3.63, 3.8) is 0 Å². The number of β-lactam (4-membered cyclic amide) rings is 1. The monoisotopic (exact) mass is 405 g/mol. The van der Waals surface area contributed by atoms with Crippen LogP contribution in [0.5, 0.6) is 5.75 Å². The van der Waals surface area contributed by atoms with Crippen molar-refractivity contribution in [2.24, 2.45) is 0 Å². The highest BCUT2D eigenvalue weighted by Crippen LogP contribution is 2.52. The van der Waals surface area contributed by atoms with E-state index in [2.05, 4.69) is 5.32 Å². The molecule has 3 aliphatic heterocycles. The maximum Gasteiger partial charge on any atom is 0.327 e. The van der Waals surface area contributed by atoms with Gasteiger partial charge in [0.25, 0.3) is 5.91 Å². The van der Waals surface area contributed by atoms with Gasteiger partial charge in [0.2, 0.25) is 11.8 Å². The standard InChI is InChI=1S/C18H19N3O6S/c1-18(2)13(17(26)27)21-15(25)12(16(21)28-18)20-7-10(23)19-11(14(20)24)8-3-5-9(22)6-4-8/h3-6,11-13,16,22H,7H2,1-2H3,(H,19,23)(H,26,27)/t11?,12-,13+,16-/m1/s1. The van der Waals surface area contributed by atoms with Crippen molar-refractivity contribution in [2.45, 2.75) is 42.1 Å². The maximum absolute atomic E-state index is 13.1. The number of carboxylic acid groups (broad SMARTS) is 1. The van der Waals surface area contributed by atoms with Gasteiger partial charge in [0.05, 0.1) is 0 Å². The highest BCUT2D eigenvalue weighted by molar-refractivity contribution is 8.01. The molecule has 3 aliphatic rings. The van der Waals surface area contributed by atoms with E-state index in [1.807, 2.05) is 0 Å². The number of carboxylic acids is 1. The first-order chi connectivity index (χ1) is 13.1. The van der Waals surface area contributed by atoms with Crippen LogP contribution in [0.4, 0.5) is 0 Å². The van der Waals surface area contributed by atoms with Gasteiger partial charge < -0.3 is 25.3 Å². The van der Waals surface area contributed by atoms with Gasteiger partial charge in [-0.25, -0.2) is 4.79 Å². The second-order valence-electron chi connectivity index (χ2n) is 7.60. The molecule has 1 aromatic rings. The van der Waals surface area contributed by atoms with Crippen LogP contribution < -0.4 is 5.32 Å². The summed E-state index contributed by atoms with van der Waals surface area (Å²) >= 11 is 1.33. The zero-order chi connectivity index (χ0) is 20.4. The third-order valence-corrected chi connectivity index (χ3v) is 6.92. The first kappa shape index (κ1) is 18.6. The van der Waals surface area contributed by atoms with Crippen LogP contribution in [0.3, 0.4) is 0 Å². The molecule has 0 bridgehead atoms. The molecule has 1 unspecified atom stereocenters. The third kappa shape index (κ3) is 2.62. The Kier molecular flexibility index (Phi) is 4.07. The number of aromatic hydroxyl groups is 1. The van der Waals surface area contributed by atoms with E-state index in [0.717, 1.165) is 0 Å². The number of carbonyl (C=O) groups excluding carboxylic acids is 3. The van der Waals surface area contributed by atoms with E-state index in [1.54, 1.807) is 13.8 Å². The Morgan fingerprint density at radius 1 is 1.18 bits per heavy atom. The number of hydrogen-bond acceptors (Lipinski definition) is 6. The van der Waals surface area contributed by atoms with Gasteiger partial charge in [-0.1, -0.05) is 12.1 Å². The average Bonchev–Trinajstić information content (AvgIpc) is 2.86. The Balaban J connectivity index is 1.62. The van der Waals surface area contributed by atoms with Crippen LogP contribution in [0.1, 0.15) is 25.5 Å². The summed E-state index contributed by atoms with van der Waals surface area (Å²) < 4.78 is -0.710. The van der Waals surface area contributed by atoms with Crippen molar-refractivity contribution in [1.29, 1.82) is 0 Å². The molecule has 3 saturated heterocycles. The normalized spacial score (nSPS) is 31.3. The summed E-state index contributed by atoms with van der Waals surface area (Å²) in [6.45, 7) is 3.25. The van der Waals surface area contributed by atoms with Gasteiger partial charge in [0.15, 0.2) is 0 Å². The number of nitrogens with zero attached hydrogens (tertiary/aromatic N) is 2. The van der Waals surface area contributed by atoms with Gasteiger partial charge in [-0.05, 0) is 31.5 Å². The summed E-state index contributed by atoms with van der Waals surface area (Å²) in [7, 11) is 0. The van der Waals surface area contributed by atoms with Gasteiger partial charge in [-0.3, -0.25) is 14.4 Å². The van der Waals surface area contributed by atoms with Gasteiger partial charge in [0, 0.05) is 4.75 Å². The fourth-order valence-electron chi connectivity index (χ4n) is 4.07. The summed E-state index contributed by atoms with van der Waals surface area (Å²) in [6.07, 6.45) is 0. The molecular weight excluding hydrogens is 386 g/mol. The molecule has 1 aromatic carbocycles. The molecule has 0 radical (unpaired) electrons. The minimum absolute atomic E-state index is 0.0318. The highest BCUT2D eigenvalue weighted by Gasteiger charge is 2.66. The summed E-state index contributed by atoms with van der Waals surface area (Å²) in [5.74, 6) is -2.34. The van der Waals surface area contributed by atoms with Crippen LogP contribution >= 0.6 is 11.8 Å². The van der Waals surface area contributed by atoms with Crippen LogP contribution in [0.25, 0.3) is 0 Å². The SMILES string of the molecule is CC1(C)S[C@@H]2[C@H](N3CC(=O)NC(c4ccc(O)cc4)C3=O)C(=O)N2[C@H]1C(=O)O. The summed E-state index contributed by atoms with van der Waals surface area (Å²) in [5.41, 5.74) is 0.493. The smallest absolute Gasteiger partial charge is 0.327 e. The largest absolute Gasteiger partial charge is 0.508 e. The number of carbonyl (C=O) groups is 4. The topological polar surface area (TPSA) is 127 Å². The molecule has 0 aliphatic carbocycles. The Bertz CT molecular complexity index is 886. The lowest BCUT2D eigenvalue weighted by atomic mass is 9.93. The Labute approximate surface area is 164 Å². The zero-order valence-electron chi connectivity index (χ0n) is 15.2. The fraction of sp³-hybridized carbons (Fsp3) is 0.444. The predicted molar refractivity (Wildman–Crippen MR) is 98.2 cm³/mol. The molecule has 4 rings (SSSR count). The molecule has 0 saturated carbocycles. The molecule has 3 heterocycles. The summed E-state index contributed by atoms with van der Waals surface area (Å²) in [6, 6.07) is 3.08. The summed E-state index contributed by atoms with van der Waals surface area (Å²) in [5, 5.41) is 21.1. The number of nitrogens with one attached hydrogen (secondary N) is 1. The van der Waals surface area contributed by atoms with Gasteiger partial charge in [-0.15, -0.1) is 11.8 Å². The molecule has 148 valence electrons. The molecule has 9 nitrogen and oxygen atoms in total. The van der Waals surface area contributed by atoms with Crippen LogP contribution in [0.2, 0.25) is 0 Å². The number of piperazine rings is 1. The van der Waals surface area contributed by atoms with Crippen molar-refractivity contribution in [1.82, 2.24) is 15.1 Å². The molecule has 3 fully saturated rings. The van der Waals surface area contributed by atoms with Crippen molar-refractivity contribution in [2.75, 3.05) is 6.54 Å². The van der Waals surface area contributed by atoms with Crippen molar-refractivity contribution in [3.8, 4) is 5.75 Å². The Morgan fingerprint density at radius 2 is 1.82 bits per heavy atom. The number of thioether (sulfide) groups is 1. The van der Waals surface area contributed by atoms with E-state index in [1.165, 1.54) is 45.8 Å². The van der Waals surface area contributed by atoms with Crippen LogP contribution in [0.15, 0.2) is 24.3 Å². The lowest BCUT2D eigenvalue weighted by molar-refractivity contribution is -0.171. The quantitative estimate of drug-likeness (QED) is 0.600. The average molecular weight is 405 g/mol. The number of benzene rings is 1. The molecular formula is C18H19N3O6S. The number of phenolic OH excluding ortho intramolecular Hbond substituents is 1. The molecule has 3 N–H and O–H groups in total. The number of amides is 3. The maximum atomic E-state index is 13.1. The lowest BCUT2D eigenvalue weighted by Gasteiger charge is -2.49. The molecule has 0 aromatic heterocycles. The van der Waals surface area contributed by atoms with Crippen LogP contribution in [0, 0.1) is 0 Å². The molecule has 0 spiro atoms. The lowest BCUT2D eigenvalue weighted by Crippen LogP contribution is -2.73. The van der Waals surface area contributed by atoms with E-state index >= 15 is 0 Å². The van der Waals surface area contributed by atoms with Crippen molar-refractivity contribution >= 4 is 35.5 Å². The van der Waals surface area contributed by atoms with Crippen molar-refractivity contribution in [3.05, 3.63) is 29.8 Å². The minimum Gasteiger partial charge on any atom is -0.508 e. The third-order valence-electron chi connectivity index (χ3n) is 5.36. The van der Waals surface area contributed by atoms with E-state index in [4.69, 9.17) is 0 Å².